The second kappa shape index (κ2) is 5.91. The summed E-state index contributed by atoms with van der Waals surface area (Å²) in [4.78, 5) is 15.5. The Kier molecular flexibility index (Phi) is 4.19. The predicted octanol–water partition coefficient (Wildman–Crippen LogP) is 5.99. The second-order valence-electron chi connectivity index (χ2n) is 4.80. The van der Waals surface area contributed by atoms with E-state index in [4.69, 9.17) is 23.2 Å². The summed E-state index contributed by atoms with van der Waals surface area (Å²) in [5.74, 6) is -1.36. The van der Waals surface area contributed by atoms with Gasteiger partial charge in [0, 0.05) is 10.9 Å². The Bertz CT molecular complexity index is 969. The number of alkyl halides is 3. The molecule has 0 saturated carbocycles. The third kappa shape index (κ3) is 2.94. The second-order valence-corrected chi connectivity index (χ2v) is 7.08. The van der Waals surface area contributed by atoms with E-state index in [0.717, 1.165) is 23.5 Å². The SMILES string of the molecule is O=C(O)c1cc(-c2cc(Cl)sc2Cl)nc2c(C(F)(F)F)cccc12. The van der Waals surface area contributed by atoms with Gasteiger partial charge in [0.25, 0.3) is 0 Å². The highest BCUT2D eigenvalue weighted by molar-refractivity contribution is 7.20. The van der Waals surface area contributed by atoms with Gasteiger partial charge in [0.2, 0.25) is 0 Å². The standard InChI is InChI=1S/C15H6Cl2F3NO2S/c16-11-5-8(13(17)24-11)10-4-7(14(22)23)6-2-1-3-9(12(6)21-10)15(18,19)20/h1-5H,(H,22,23). The number of aromatic nitrogens is 1. The normalized spacial score (nSPS) is 11.9. The van der Waals surface area contributed by atoms with Crippen LogP contribution in [-0.4, -0.2) is 16.1 Å². The van der Waals surface area contributed by atoms with Gasteiger partial charge < -0.3 is 5.11 Å². The van der Waals surface area contributed by atoms with Gasteiger partial charge in [-0.05, 0) is 18.2 Å². The Morgan fingerprint density at radius 1 is 1.21 bits per heavy atom. The third-order valence-corrected chi connectivity index (χ3v) is 4.80. The van der Waals surface area contributed by atoms with Crippen molar-refractivity contribution in [2.45, 2.75) is 6.18 Å². The van der Waals surface area contributed by atoms with Crippen LogP contribution in [0.5, 0.6) is 0 Å². The summed E-state index contributed by atoms with van der Waals surface area (Å²) in [6.07, 6.45) is -4.67. The lowest BCUT2D eigenvalue weighted by molar-refractivity contribution is -0.136. The number of nitrogens with zero attached hydrogens (tertiary/aromatic N) is 1. The van der Waals surface area contributed by atoms with Gasteiger partial charge in [-0.2, -0.15) is 13.2 Å². The van der Waals surface area contributed by atoms with Crippen molar-refractivity contribution in [2.24, 2.45) is 0 Å². The molecule has 0 radical (unpaired) electrons. The summed E-state index contributed by atoms with van der Waals surface area (Å²) in [6.45, 7) is 0. The number of benzene rings is 1. The molecule has 2 heterocycles. The van der Waals surface area contributed by atoms with Gasteiger partial charge in [-0.3, -0.25) is 0 Å². The molecule has 3 rings (SSSR count). The van der Waals surface area contributed by atoms with Gasteiger partial charge >= 0.3 is 12.1 Å². The number of carboxylic acids is 1. The first-order valence-corrected chi connectivity index (χ1v) is 7.95. The molecular weight excluding hydrogens is 386 g/mol. The minimum atomic E-state index is -4.67. The maximum atomic E-state index is 13.2. The number of carbonyl (C=O) groups is 1. The van der Waals surface area contributed by atoms with Crippen LogP contribution in [0.2, 0.25) is 8.67 Å². The van der Waals surface area contributed by atoms with Gasteiger partial charge in [0.15, 0.2) is 0 Å². The summed E-state index contributed by atoms with van der Waals surface area (Å²) in [6, 6.07) is 5.91. The fourth-order valence-corrected chi connectivity index (χ4v) is 3.79. The Labute approximate surface area is 147 Å². The number of aromatic carboxylic acids is 1. The topological polar surface area (TPSA) is 50.2 Å². The first-order valence-electron chi connectivity index (χ1n) is 6.38. The lowest BCUT2D eigenvalue weighted by atomic mass is 10.0. The zero-order valence-corrected chi connectivity index (χ0v) is 13.8. The summed E-state index contributed by atoms with van der Waals surface area (Å²) in [5.41, 5.74) is -1.45. The monoisotopic (exact) mass is 391 g/mol. The van der Waals surface area contributed by atoms with E-state index in [1.165, 1.54) is 18.2 Å². The molecule has 9 heteroatoms. The quantitative estimate of drug-likeness (QED) is 0.583. The van der Waals surface area contributed by atoms with E-state index in [9.17, 15) is 23.1 Å². The minimum Gasteiger partial charge on any atom is -0.478 e. The van der Waals surface area contributed by atoms with Crippen molar-refractivity contribution in [2.75, 3.05) is 0 Å². The lowest BCUT2D eigenvalue weighted by Gasteiger charge is -2.12. The van der Waals surface area contributed by atoms with Crippen molar-refractivity contribution in [1.29, 1.82) is 0 Å². The van der Waals surface area contributed by atoms with Crippen LogP contribution in [0.4, 0.5) is 13.2 Å². The van der Waals surface area contributed by atoms with E-state index in [0.29, 0.717) is 4.34 Å². The number of fused-ring (bicyclic) bond motifs is 1. The summed E-state index contributed by atoms with van der Waals surface area (Å²) >= 11 is 12.9. The van der Waals surface area contributed by atoms with Crippen LogP contribution in [0.1, 0.15) is 15.9 Å². The van der Waals surface area contributed by atoms with Crippen molar-refractivity contribution >= 4 is 51.4 Å². The van der Waals surface area contributed by atoms with E-state index in [-0.39, 0.29) is 26.5 Å². The minimum absolute atomic E-state index is 0.0183. The molecule has 0 saturated heterocycles. The van der Waals surface area contributed by atoms with Crippen LogP contribution in [0.15, 0.2) is 30.3 Å². The van der Waals surface area contributed by atoms with Crippen molar-refractivity contribution in [3.05, 3.63) is 50.1 Å². The molecule has 124 valence electrons. The smallest absolute Gasteiger partial charge is 0.418 e. The maximum Gasteiger partial charge on any atom is 0.418 e. The zero-order chi connectivity index (χ0) is 17.6. The molecule has 0 atom stereocenters. The van der Waals surface area contributed by atoms with Crippen molar-refractivity contribution in [3.63, 3.8) is 0 Å². The van der Waals surface area contributed by atoms with E-state index in [1.807, 2.05) is 0 Å². The number of halogens is 5. The number of thiophene rings is 1. The average Bonchev–Trinajstić information content (AvgIpc) is 2.83. The van der Waals surface area contributed by atoms with Crippen LogP contribution in [0, 0.1) is 0 Å². The van der Waals surface area contributed by atoms with E-state index >= 15 is 0 Å². The fourth-order valence-electron chi connectivity index (χ4n) is 2.31. The van der Waals surface area contributed by atoms with Crippen LogP contribution < -0.4 is 0 Å². The first kappa shape index (κ1) is 17.0. The van der Waals surface area contributed by atoms with Gasteiger partial charge in [-0.15, -0.1) is 11.3 Å². The van der Waals surface area contributed by atoms with E-state index in [2.05, 4.69) is 4.98 Å². The van der Waals surface area contributed by atoms with Crippen molar-refractivity contribution < 1.29 is 23.1 Å². The fraction of sp³-hybridized carbons (Fsp3) is 0.0667. The van der Waals surface area contributed by atoms with Crippen LogP contribution in [0.25, 0.3) is 22.2 Å². The highest BCUT2D eigenvalue weighted by atomic mass is 35.5. The Morgan fingerprint density at radius 2 is 1.92 bits per heavy atom. The molecule has 0 fully saturated rings. The molecule has 0 bridgehead atoms. The van der Waals surface area contributed by atoms with Gasteiger partial charge in [0.05, 0.1) is 26.7 Å². The first-order chi connectivity index (χ1) is 11.2. The largest absolute Gasteiger partial charge is 0.478 e. The summed E-state index contributed by atoms with van der Waals surface area (Å²) < 4.78 is 40.2. The summed E-state index contributed by atoms with van der Waals surface area (Å²) in [7, 11) is 0. The van der Waals surface area contributed by atoms with Crippen molar-refractivity contribution in [3.8, 4) is 11.3 Å². The number of hydrogen-bond donors (Lipinski definition) is 1. The van der Waals surface area contributed by atoms with Crippen LogP contribution in [-0.2, 0) is 6.18 Å². The number of para-hydroxylation sites is 1. The third-order valence-electron chi connectivity index (χ3n) is 3.31. The molecule has 0 spiro atoms. The molecular formula is C15H6Cl2F3NO2S. The van der Waals surface area contributed by atoms with Crippen molar-refractivity contribution in [1.82, 2.24) is 4.98 Å². The molecule has 1 N–H and O–H groups in total. The molecule has 1 aromatic carbocycles. The molecule has 0 amide bonds. The highest BCUT2D eigenvalue weighted by Gasteiger charge is 2.34. The number of hydrogen-bond acceptors (Lipinski definition) is 3. The van der Waals surface area contributed by atoms with Crippen LogP contribution >= 0.6 is 34.5 Å². The zero-order valence-electron chi connectivity index (χ0n) is 11.5. The Balaban J connectivity index is 2.41. The summed E-state index contributed by atoms with van der Waals surface area (Å²) in [5, 5.41) is 9.26. The molecule has 0 unspecified atom stereocenters. The van der Waals surface area contributed by atoms with Gasteiger partial charge in [-0.1, -0.05) is 35.3 Å². The molecule has 24 heavy (non-hydrogen) atoms. The lowest BCUT2D eigenvalue weighted by Crippen LogP contribution is -2.09. The molecule has 3 nitrogen and oxygen atoms in total. The van der Waals surface area contributed by atoms with Crippen LogP contribution in [0.3, 0.4) is 0 Å². The van der Waals surface area contributed by atoms with Gasteiger partial charge in [0.1, 0.15) is 4.34 Å². The maximum absolute atomic E-state index is 13.2. The predicted molar refractivity (Wildman–Crippen MR) is 87.0 cm³/mol. The highest BCUT2D eigenvalue weighted by Crippen LogP contribution is 2.40. The van der Waals surface area contributed by atoms with E-state index < -0.39 is 23.2 Å². The Hall–Kier alpha value is -1.83. The molecule has 2 aromatic heterocycles. The average molecular weight is 392 g/mol. The molecule has 3 aromatic rings. The number of pyridine rings is 1. The van der Waals surface area contributed by atoms with Gasteiger partial charge in [-0.25, -0.2) is 9.78 Å². The number of rotatable bonds is 2. The Morgan fingerprint density at radius 3 is 2.46 bits per heavy atom. The van der Waals surface area contributed by atoms with E-state index in [1.54, 1.807) is 0 Å². The number of carboxylic acid groups (broad SMARTS) is 1. The molecule has 0 aliphatic rings. The molecule has 0 aliphatic heterocycles. The molecule has 0 aliphatic carbocycles.